The molecule has 5 N–H and O–H groups in total. The second-order valence-corrected chi connectivity index (χ2v) is 5.28. The van der Waals surface area contributed by atoms with Gasteiger partial charge in [0.1, 0.15) is 24.0 Å². The number of hydrogen-bond donors (Lipinski definition) is 4. The number of aromatic nitrogens is 2. The smallest absolute Gasteiger partial charge is 0.398 e. The van der Waals surface area contributed by atoms with Crippen LogP contribution in [0.5, 0.6) is 0 Å². The summed E-state index contributed by atoms with van der Waals surface area (Å²) in [6, 6.07) is 1.24. The molecule has 0 saturated carbocycles. The average Bonchev–Trinajstić information content (AvgIpc) is 3.00. The minimum atomic E-state index is -4.68. The SMILES string of the molecule is Nc1ccnc2c1c(C(F)(F)F)cn2[C@@H]1O[C@H](CO)[C@@H](O)[C@H]1O. The second-order valence-electron chi connectivity index (χ2n) is 5.28. The highest BCUT2D eigenvalue weighted by molar-refractivity contribution is 5.92. The quantitative estimate of drug-likeness (QED) is 0.626. The molecule has 4 atom stereocenters. The fraction of sp³-hybridized carbons (Fsp3) is 0.462. The molecule has 1 fully saturated rings. The maximum absolute atomic E-state index is 13.2. The van der Waals surface area contributed by atoms with Crippen molar-refractivity contribution in [2.45, 2.75) is 30.7 Å². The van der Waals surface area contributed by atoms with Crippen molar-refractivity contribution in [1.82, 2.24) is 9.55 Å². The maximum atomic E-state index is 13.2. The van der Waals surface area contributed by atoms with Crippen LogP contribution in [0.2, 0.25) is 0 Å². The van der Waals surface area contributed by atoms with Gasteiger partial charge in [-0.3, -0.25) is 0 Å². The molecule has 126 valence electrons. The van der Waals surface area contributed by atoms with E-state index < -0.39 is 42.9 Å². The lowest BCUT2D eigenvalue weighted by Gasteiger charge is -2.17. The summed E-state index contributed by atoms with van der Waals surface area (Å²) < 4.78 is 45.9. The monoisotopic (exact) mass is 333 g/mol. The van der Waals surface area contributed by atoms with Gasteiger partial charge in [-0.2, -0.15) is 13.2 Å². The molecule has 3 rings (SSSR count). The Morgan fingerprint density at radius 1 is 1.30 bits per heavy atom. The lowest BCUT2D eigenvalue weighted by Crippen LogP contribution is -2.33. The minimum Gasteiger partial charge on any atom is -0.398 e. The van der Waals surface area contributed by atoms with Crippen molar-refractivity contribution < 1.29 is 33.2 Å². The first-order valence-corrected chi connectivity index (χ1v) is 6.70. The van der Waals surface area contributed by atoms with Gasteiger partial charge in [0.2, 0.25) is 0 Å². The van der Waals surface area contributed by atoms with Gasteiger partial charge in [-0.05, 0) is 6.07 Å². The molecule has 1 aliphatic heterocycles. The molecular weight excluding hydrogens is 319 g/mol. The lowest BCUT2D eigenvalue weighted by molar-refractivity contribution is -0.136. The Balaban J connectivity index is 2.18. The molecule has 0 bridgehead atoms. The number of aliphatic hydroxyl groups excluding tert-OH is 3. The predicted octanol–water partition coefficient (Wildman–Crippen LogP) is 0.249. The normalized spacial score (nSPS) is 28.6. The van der Waals surface area contributed by atoms with Crippen LogP contribution >= 0.6 is 0 Å². The first-order valence-electron chi connectivity index (χ1n) is 6.70. The molecule has 2 aromatic heterocycles. The molecule has 0 unspecified atom stereocenters. The Hall–Kier alpha value is -1.88. The molecule has 0 aliphatic carbocycles. The molecule has 0 aromatic carbocycles. The third kappa shape index (κ3) is 2.43. The number of anilines is 1. The second kappa shape index (κ2) is 5.34. The van der Waals surface area contributed by atoms with Gasteiger partial charge in [-0.1, -0.05) is 0 Å². The summed E-state index contributed by atoms with van der Waals surface area (Å²) in [6.45, 7) is -0.588. The highest BCUT2D eigenvalue weighted by Gasteiger charge is 2.45. The van der Waals surface area contributed by atoms with Gasteiger partial charge in [0, 0.05) is 18.1 Å². The fourth-order valence-electron chi connectivity index (χ4n) is 2.72. The number of pyridine rings is 1. The van der Waals surface area contributed by atoms with Gasteiger partial charge in [0.15, 0.2) is 6.23 Å². The first kappa shape index (κ1) is 16.0. The van der Waals surface area contributed by atoms with Gasteiger partial charge in [0.25, 0.3) is 0 Å². The molecule has 10 heteroatoms. The Morgan fingerprint density at radius 3 is 2.57 bits per heavy atom. The van der Waals surface area contributed by atoms with Crippen LogP contribution in [-0.4, -0.2) is 49.8 Å². The highest BCUT2D eigenvalue weighted by Crippen LogP contribution is 2.41. The van der Waals surface area contributed by atoms with Crippen LogP contribution in [0.25, 0.3) is 11.0 Å². The van der Waals surface area contributed by atoms with Crippen LogP contribution < -0.4 is 5.73 Å². The van der Waals surface area contributed by atoms with Gasteiger partial charge < -0.3 is 30.4 Å². The van der Waals surface area contributed by atoms with Crippen molar-refractivity contribution >= 4 is 16.7 Å². The van der Waals surface area contributed by atoms with Crippen LogP contribution in [0.15, 0.2) is 18.5 Å². The van der Waals surface area contributed by atoms with Crippen LogP contribution in [0.3, 0.4) is 0 Å². The zero-order valence-corrected chi connectivity index (χ0v) is 11.6. The topological polar surface area (TPSA) is 114 Å². The number of aliphatic hydroxyl groups is 3. The van der Waals surface area contributed by atoms with Gasteiger partial charge in [-0.15, -0.1) is 0 Å². The molecule has 0 radical (unpaired) electrons. The predicted molar refractivity (Wildman–Crippen MR) is 72.2 cm³/mol. The number of nitrogens with zero attached hydrogens (tertiary/aromatic N) is 2. The van der Waals surface area contributed by atoms with Crippen molar-refractivity contribution in [2.24, 2.45) is 0 Å². The lowest BCUT2D eigenvalue weighted by atomic mass is 10.1. The molecule has 3 heterocycles. The number of fused-ring (bicyclic) bond motifs is 1. The number of ether oxygens (including phenoxy) is 1. The number of hydrogen-bond acceptors (Lipinski definition) is 6. The minimum absolute atomic E-state index is 0.118. The summed E-state index contributed by atoms with van der Waals surface area (Å²) in [6.07, 6.45) is -8.11. The zero-order valence-electron chi connectivity index (χ0n) is 11.6. The van der Waals surface area contributed by atoms with Gasteiger partial charge in [-0.25, -0.2) is 4.98 Å². The van der Waals surface area contributed by atoms with Crippen molar-refractivity contribution in [2.75, 3.05) is 12.3 Å². The molecule has 2 aromatic rings. The molecule has 1 saturated heterocycles. The van der Waals surface area contributed by atoms with E-state index in [1.54, 1.807) is 0 Å². The van der Waals surface area contributed by atoms with Crippen LogP contribution in [0, 0.1) is 0 Å². The van der Waals surface area contributed by atoms with Crippen molar-refractivity contribution in [3.05, 3.63) is 24.0 Å². The third-order valence-corrected chi connectivity index (χ3v) is 3.84. The standard InChI is InChI=1S/C13H14F3N3O4/c14-13(15,16)5-3-19(11-8(5)6(17)1-2-18-11)12-10(22)9(21)7(4-20)23-12/h1-3,7,9-10,12,20-22H,4H2,(H2,17,18)/t7-,9-,10-,12-/m1/s1. The largest absolute Gasteiger partial charge is 0.418 e. The summed E-state index contributed by atoms with van der Waals surface area (Å²) in [7, 11) is 0. The van der Waals surface area contributed by atoms with Crippen molar-refractivity contribution in [1.29, 1.82) is 0 Å². The summed E-state index contributed by atoms with van der Waals surface area (Å²) in [4.78, 5) is 3.88. The summed E-state index contributed by atoms with van der Waals surface area (Å²) in [5.74, 6) is 0. The first-order chi connectivity index (χ1) is 10.8. The Bertz CT molecular complexity index is 733. The summed E-state index contributed by atoms with van der Waals surface area (Å²) in [5.41, 5.74) is 4.37. The van der Waals surface area contributed by atoms with E-state index in [0.29, 0.717) is 0 Å². The molecule has 0 amide bonds. The fourth-order valence-corrected chi connectivity index (χ4v) is 2.72. The number of rotatable bonds is 2. The molecule has 1 aliphatic rings. The maximum Gasteiger partial charge on any atom is 0.418 e. The van der Waals surface area contributed by atoms with Crippen LogP contribution in [0.1, 0.15) is 11.8 Å². The summed E-state index contributed by atoms with van der Waals surface area (Å²) in [5, 5.41) is 28.6. The average molecular weight is 333 g/mol. The zero-order chi connectivity index (χ0) is 16.9. The number of nitrogen functional groups attached to an aromatic ring is 1. The number of alkyl halides is 3. The van der Waals surface area contributed by atoms with E-state index in [1.165, 1.54) is 12.3 Å². The molecular formula is C13H14F3N3O4. The number of nitrogens with two attached hydrogens (primary N) is 1. The molecule has 0 spiro atoms. The summed E-state index contributed by atoms with van der Waals surface area (Å²) >= 11 is 0. The van der Waals surface area contributed by atoms with E-state index in [9.17, 15) is 23.4 Å². The Morgan fingerprint density at radius 2 is 2.00 bits per heavy atom. The van der Waals surface area contributed by atoms with Gasteiger partial charge in [0.05, 0.1) is 17.6 Å². The van der Waals surface area contributed by atoms with E-state index >= 15 is 0 Å². The van der Waals surface area contributed by atoms with E-state index in [0.717, 1.165) is 10.8 Å². The van der Waals surface area contributed by atoms with E-state index in [2.05, 4.69) is 4.98 Å². The molecule has 23 heavy (non-hydrogen) atoms. The van der Waals surface area contributed by atoms with E-state index in [1.807, 2.05) is 0 Å². The molecule has 7 nitrogen and oxygen atoms in total. The highest BCUT2D eigenvalue weighted by atomic mass is 19.4. The third-order valence-electron chi connectivity index (χ3n) is 3.84. The van der Waals surface area contributed by atoms with Crippen LogP contribution in [-0.2, 0) is 10.9 Å². The van der Waals surface area contributed by atoms with Crippen molar-refractivity contribution in [3.8, 4) is 0 Å². The van der Waals surface area contributed by atoms with Gasteiger partial charge >= 0.3 is 6.18 Å². The Labute approximate surface area is 127 Å². The Kier molecular flexibility index (Phi) is 3.71. The van der Waals surface area contributed by atoms with E-state index in [-0.39, 0.29) is 16.7 Å². The van der Waals surface area contributed by atoms with Crippen molar-refractivity contribution in [3.63, 3.8) is 0 Å². The van der Waals surface area contributed by atoms with E-state index in [4.69, 9.17) is 15.6 Å². The number of halogens is 3. The van der Waals surface area contributed by atoms with Crippen LogP contribution in [0.4, 0.5) is 18.9 Å².